The Balaban J connectivity index is 1.29. The summed E-state index contributed by atoms with van der Waals surface area (Å²) in [4.78, 5) is 48.5. The summed E-state index contributed by atoms with van der Waals surface area (Å²) in [5.74, 6) is 0.329. The highest BCUT2D eigenvalue weighted by Gasteiger charge is 2.49. The molecule has 1 aliphatic carbocycles. The molecular formula is C38H41Cl3N4O8. The van der Waals surface area contributed by atoms with Crippen molar-refractivity contribution in [2.24, 2.45) is 0 Å². The van der Waals surface area contributed by atoms with Gasteiger partial charge in [0.25, 0.3) is 5.91 Å². The molecule has 0 radical (unpaired) electrons. The number of aromatic nitrogens is 1. The van der Waals surface area contributed by atoms with E-state index in [2.05, 4.69) is 4.98 Å². The van der Waals surface area contributed by atoms with Crippen molar-refractivity contribution in [1.82, 2.24) is 19.7 Å². The molecule has 1 saturated heterocycles. The molecule has 3 aliphatic rings. The highest BCUT2D eigenvalue weighted by molar-refractivity contribution is 6.37. The molecule has 2 bridgehead atoms. The van der Waals surface area contributed by atoms with Crippen LogP contribution in [0.5, 0.6) is 11.6 Å². The standard InChI is InChI=1S/C38H41Cl3N4O8/c1-22-14-30(40)35(31(41)15-22)53-13-12-52-33-10-6-24(18-42-33)28-17-27-20-43(37(47)48)21-32(45(27)38(49)50)34(28)36(46)44(26-7-8-26)19-25-16-23(4-3-11-51-2)5-9-29(25)39/h5-6,9-10,14-16,18,26-27,32H,3-4,7-8,11-13,17,19-21H2,1-2H3,(H,47,48)(H,49,50)/t27-,32-/m1/s1. The number of carbonyl (C=O) groups excluding carboxylic acids is 1. The molecule has 15 heteroatoms. The Bertz CT molecular complexity index is 1860. The molecule has 0 spiro atoms. The maximum atomic E-state index is 14.9. The van der Waals surface area contributed by atoms with Crippen molar-refractivity contribution in [2.45, 2.75) is 63.7 Å². The molecule has 2 N–H and O–H groups in total. The lowest BCUT2D eigenvalue weighted by Crippen LogP contribution is -2.65. The first-order chi connectivity index (χ1) is 25.4. The van der Waals surface area contributed by atoms with E-state index in [1.165, 1.54) is 9.80 Å². The second kappa shape index (κ2) is 16.8. The number of hydrogen-bond donors (Lipinski definition) is 2. The molecule has 12 nitrogen and oxygen atoms in total. The van der Waals surface area contributed by atoms with Crippen LogP contribution in [0.25, 0.3) is 5.57 Å². The van der Waals surface area contributed by atoms with Crippen LogP contribution in [0.4, 0.5) is 9.59 Å². The smallest absolute Gasteiger partial charge is 0.408 e. The predicted octanol–water partition coefficient (Wildman–Crippen LogP) is 7.45. The van der Waals surface area contributed by atoms with Gasteiger partial charge >= 0.3 is 12.2 Å². The molecule has 3 aromatic rings. The van der Waals surface area contributed by atoms with Crippen LogP contribution in [0.15, 0.2) is 54.2 Å². The van der Waals surface area contributed by atoms with Gasteiger partial charge in [0, 0.05) is 62.3 Å². The van der Waals surface area contributed by atoms with Crippen molar-refractivity contribution < 1.29 is 38.8 Å². The van der Waals surface area contributed by atoms with Gasteiger partial charge in [0.15, 0.2) is 5.75 Å². The summed E-state index contributed by atoms with van der Waals surface area (Å²) in [6.07, 6.45) is 2.52. The minimum Gasteiger partial charge on any atom is -0.487 e. The van der Waals surface area contributed by atoms with Crippen LogP contribution in [-0.4, -0.2) is 106 Å². The van der Waals surface area contributed by atoms with E-state index in [1.807, 2.05) is 25.1 Å². The van der Waals surface area contributed by atoms with Gasteiger partial charge in [-0.3, -0.25) is 9.69 Å². The van der Waals surface area contributed by atoms with Crippen LogP contribution in [0.3, 0.4) is 0 Å². The summed E-state index contributed by atoms with van der Waals surface area (Å²) in [7, 11) is 1.66. The van der Waals surface area contributed by atoms with Crippen molar-refractivity contribution in [2.75, 3.05) is 40.0 Å². The van der Waals surface area contributed by atoms with E-state index in [0.29, 0.717) is 44.4 Å². The Morgan fingerprint density at radius 3 is 2.30 bits per heavy atom. The number of aryl methyl sites for hydroxylation is 2. The minimum atomic E-state index is -1.21. The molecule has 1 aromatic heterocycles. The predicted molar refractivity (Wildman–Crippen MR) is 200 cm³/mol. The Morgan fingerprint density at radius 1 is 0.925 bits per heavy atom. The van der Waals surface area contributed by atoms with Crippen LogP contribution in [0.2, 0.25) is 15.1 Å². The summed E-state index contributed by atoms with van der Waals surface area (Å²) in [6, 6.07) is 11.0. The van der Waals surface area contributed by atoms with E-state index in [-0.39, 0.29) is 56.8 Å². The molecule has 282 valence electrons. The van der Waals surface area contributed by atoms with Crippen molar-refractivity contribution >= 4 is 58.5 Å². The number of halogens is 3. The SMILES string of the molecule is COCCCc1ccc(Cl)c(CN(C(=O)C2=C(c3ccc(OCCOc4c(Cl)cc(C)cc4Cl)nc3)C[C@@H]3CN(C(=O)O)C[C@H]2N3C(=O)O)C2CC2)c1. The summed E-state index contributed by atoms with van der Waals surface area (Å²) < 4.78 is 16.8. The number of benzene rings is 2. The first-order valence-electron chi connectivity index (χ1n) is 17.4. The van der Waals surface area contributed by atoms with Crippen molar-refractivity contribution in [1.29, 1.82) is 0 Å². The second-order valence-corrected chi connectivity index (χ2v) is 14.7. The van der Waals surface area contributed by atoms with Gasteiger partial charge in [0.2, 0.25) is 5.88 Å². The van der Waals surface area contributed by atoms with Crippen LogP contribution in [-0.2, 0) is 22.5 Å². The number of hydrogen-bond acceptors (Lipinski definition) is 7. The van der Waals surface area contributed by atoms with Crippen LogP contribution >= 0.6 is 34.8 Å². The minimum absolute atomic E-state index is 0.0233. The first-order valence-corrected chi connectivity index (χ1v) is 18.6. The highest BCUT2D eigenvalue weighted by atomic mass is 35.5. The molecule has 6 rings (SSSR count). The molecule has 1 saturated carbocycles. The number of rotatable bonds is 14. The summed E-state index contributed by atoms with van der Waals surface area (Å²) in [5, 5.41) is 21.6. The monoisotopic (exact) mass is 786 g/mol. The number of piperazine rings is 1. The molecule has 3 heterocycles. The maximum absolute atomic E-state index is 14.9. The van der Waals surface area contributed by atoms with Gasteiger partial charge in [-0.25, -0.2) is 14.6 Å². The summed E-state index contributed by atoms with van der Waals surface area (Å²) in [5.41, 5.74) is 4.24. The Morgan fingerprint density at radius 2 is 1.66 bits per heavy atom. The third-order valence-electron chi connectivity index (χ3n) is 9.69. The van der Waals surface area contributed by atoms with Gasteiger partial charge in [0.05, 0.1) is 22.1 Å². The summed E-state index contributed by atoms with van der Waals surface area (Å²) in [6.45, 7) is 2.81. The van der Waals surface area contributed by atoms with Crippen molar-refractivity contribution in [3.8, 4) is 11.6 Å². The molecule has 2 aromatic carbocycles. The summed E-state index contributed by atoms with van der Waals surface area (Å²) >= 11 is 19.3. The third kappa shape index (κ3) is 8.95. The van der Waals surface area contributed by atoms with Crippen LogP contribution in [0.1, 0.15) is 47.9 Å². The third-order valence-corrected chi connectivity index (χ3v) is 10.6. The maximum Gasteiger partial charge on any atom is 0.408 e. The molecule has 2 aliphatic heterocycles. The van der Waals surface area contributed by atoms with E-state index in [9.17, 15) is 24.6 Å². The Labute approximate surface area is 322 Å². The molecule has 0 unspecified atom stereocenters. The van der Waals surface area contributed by atoms with Crippen LogP contribution in [0, 0.1) is 6.92 Å². The van der Waals surface area contributed by atoms with Crippen LogP contribution < -0.4 is 9.47 Å². The van der Waals surface area contributed by atoms with Crippen molar-refractivity contribution in [3.05, 3.63) is 91.6 Å². The fourth-order valence-corrected chi connectivity index (χ4v) is 7.96. The number of methoxy groups -OCH3 is 1. The van der Waals surface area contributed by atoms with E-state index in [4.69, 9.17) is 49.0 Å². The van der Waals surface area contributed by atoms with E-state index in [1.54, 1.807) is 42.5 Å². The zero-order chi connectivity index (χ0) is 37.8. The molecule has 2 fully saturated rings. The fraction of sp³-hybridized carbons (Fsp3) is 0.421. The average molecular weight is 788 g/mol. The number of carbonyl (C=O) groups is 3. The number of fused-ring (bicyclic) bond motifs is 2. The zero-order valence-corrected chi connectivity index (χ0v) is 31.7. The van der Waals surface area contributed by atoms with Gasteiger partial charge in [-0.05, 0) is 91.1 Å². The van der Waals surface area contributed by atoms with Gasteiger partial charge in [-0.2, -0.15) is 0 Å². The number of ether oxygens (including phenoxy) is 3. The largest absolute Gasteiger partial charge is 0.487 e. The zero-order valence-electron chi connectivity index (χ0n) is 29.4. The van der Waals surface area contributed by atoms with Gasteiger partial charge in [-0.15, -0.1) is 0 Å². The lowest BCUT2D eigenvalue weighted by atomic mass is 9.81. The highest BCUT2D eigenvalue weighted by Crippen LogP contribution is 2.42. The quantitative estimate of drug-likeness (QED) is 0.159. The second-order valence-electron chi connectivity index (χ2n) is 13.5. The number of pyridine rings is 1. The lowest BCUT2D eigenvalue weighted by Gasteiger charge is -2.49. The topological polar surface area (TPSA) is 142 Å². The van der Waals surface area contributed by atoms with E-state index < -0.39 is 24.3 Å². The molecular weight excluding hydrogens is 747 g/mol. The molecule has 53 heavy (non-hydrogen) atoms. The number of nitrogens with zero attached hydrogens (tertiary/aromatic N) is 4. The number of carboxylic acid groups (broad SMARTS) is 2. The van der Waals surface area contributed by atoms with Gasteiger partial charge in [0.1, 0.15) is 13.2 Å². The fourth-order valence-electron chi connectivity index (χ4n) is 7.07. The van der Waals surface area contributed by atoms with E-state index >= 15 is 0 Å². The van der Waals surface area contributed by atoms with Crippen molar-refractivity contribution in [3.63, 3.8) is 0 Å². The number of amides is 3. The van der Waals surface area contributed by atoms with E-state index in [0.717, 1.165) is 42.4 Å². The Kier molecular flexibility index (Phi) is 12.2. The lowest BCUT2D eigenvalue weighted by molar-refractivity contribution is -0.129. The first kappa shape index (κ1) is 38.5. The normalized spacial score (nSPS) is 18.2. The van der Waals surface area contributed by atoms with Gasteiger partial charge < -0.3 is 34.2 Å². The average Bonchev–Trinajstić information content (AvgIpc) is 3.96. The Hall–Kier alpha value is -4.23. The van der Waals surface area contributed by atoms with Gasteiger partial charge in [-0.1, -0.05) is 46.9 Å². The molecule has 3 amide bonds. The molecule has 2 atom stereocenters.